The van der Waals surface area contributed by atoms with E-state index in [0.29, 0.717) is 0 Å². The largest absolute Gasteiger partial charge is 0.469 e. The van der Waals surface area contributed by atoms with Gasteiger partial charge in [0.05, 0.1) is 20.1 Å². The number of rotatable bonds is 8. The molecule has 0 amide bonds. The molecule has 1 rings (SSSR count). The van der Waals surface area contributed by atoms with E-state index in [4.69, 9.17) is 9.26 Å². The number of sulfonamides is 1. The van der Waals surface area contributed by atoms with E-state index in [9.17, 15) is 13.2 Å². The fourth-order valence-electron chi connectivity index (χ4n) is 1.84. The van der Waals surface area contributed by atoms with Crippen LogP contribution in [0, 0.1) is 13.8 Å². The number of hydrogen-bond donors (Lipinski definition) is 0. The molecule has 1 heterocycles. The van der Waals surface area contributed by atoms with Crippen molar-refractivity contribution in [3.05, 3.63) is 11.5 Å². The van der Waals surface area contributed by atoms with Crippen molar-refractivity contribution in [1.82, 2.24) is 9.46 Å². The van der Waals surface area contributed by atoms with E-state index in [-0.39, 0.29) is 42.5 Å². The maximum atomic E-state index is 12.7. The van der Waals surface area contributed by atoms with Crippen LogP contribution in [-0.4, -0.2) is 57.8 Å². The summed E-state index contributed by atoms with van der Waals surface area (Å²) in [5, 5.41) is 3.65. The van der Waals surface area contributed by atoms with Crippen molar-refractivity contribution in [3.8, 4) is 0 Å². The highest BCUT2D eigenvalue weighted by molar-refractivity contribution is 7.89. The predicted octanol–water partition coefficient (Wildman–Crippen LogP) is 0.492. The molecule has 21 heavy (non-hydrogen) atoms. The minimum absolute atomic E-state index is 0.00241. The molecule has 0 spiro atoms. The smallest absolute Gasteiger partial charge is 0.306 e. The van der Waals surface area contributed by atoms with Crippen LogP contribution in [0.2, 0.25) is 0 Å². The second kappa shape index (κ2) is 7.53. The summed E-state index contributed by atoms with van der Waals surface area (Å²) in [4.78, 5) is 11.3. The van der Waals surface area contributed by atoms with Crippen LogP contribution < -0.4 is 0 Å². The summed E-state index contributed by atoms with van der Waals surface area (Å²) >= 11 is 0. The molecule has 0 aliphatic rings. The lowest BCUT2D eigenvalue weighted by Crippen LogP contribution is -2.36. The first kappa shape index (κ1) is 17.6. The SMILES string of the molecule is COCCN(CCC(=O)OC)S(=O)(=O)c1c(C)noc1C. The van der Waals surface area contributed by atoms with Crippen molar-refractivity contribution in [1.29, 1.82) is 0 Å². The Morgan fingerprint density at radius 1 is 1.29 bits per heavy atom. The molecule has 0 saturated heterocycles. The van der Waals surface area contributed by atoms with Gasteiger partial charge in [0.1, 0.15) is 10.6 Å². The van der Waals surface area contributed by atoms with Crippen LogP contribution in [-0.2, 0) is 24.3 Å². The number of carbonyl (C=O) groups excluding carboxylic acids is 1. The highest BCUT2D eigenvalue weighted by Crippen LogP contribution is 2.23. The van der Waals surface area contributed by atoms with Gasteiger partial charge in [-0.1, -0.05) is 5.16 Å². The minimum Gasteiger partial charge on any atom is -0.469 e. The first-order valence-corrected chi connectivity index (χ1v) is 7.77. The Morgan fingerprint density at radius 2 is 1.95 bits per heavy atom. The van der Waals surface area contributed by atoms with E-state index in [1.165, 1.54) is 25.4 Å². The Bertz CT molecular complexity index is 561. The zero-order chi connectivity index (χ0) is 16.0. The Labute approximate surface area is 124 Å². The molecule has 0 aliphatic carbocycles. The van der Waals surface area contributed by atoms with Gasteiger partial charge in [0.2, 0.25) is 10.0 Å². The summed E-state index contributed by atoms with van der Waals surface area (Å²) in [7, 11) is -1.08. The lowest BCUT2D eigenvalue weighted by molar-refractivity contribution is -0.140. The number of aryl methyl sites for hydroxylation is 2. The third-order valence-electron chi connectivity index (χ3n) is 2.90. The average Bonchev–Trinajstić information content (AvgIpc) is 2.77. The van der Waals surface area contributed by atoms with E-state index in [2.05, 4.69) is 9.89 Å². The van der Waals surface area contributed by atoms with Crippen molar-refractivity contribution in [2.45, 2.75) is 25.2 Å². The number of ether oxygens (including phenoxy) is 2. The molecule has 0 bridgehead atoms. The van der Waals surface area contributed by atoms with Gasteiger partial charge in [0, 0.05) is 20.2 Å². The van der Waals surface area contributed by atoms with Gasteiger partial charge in [-0.2, -0.15) is 4.31 Å². The molecular formula is C12H20N2O6S. The van der Waals surface area contributed by atoms with Crippen LogP contribution in [0.15, 0.2) is 9.42 Å². The third kappa shape index (κ3) is 4.26. The van der Waals surface area contributed by atoms with Gasteiger partial charge in [-0.15, -0.1) is 0 Å². The molecule has 9 heteroatoms. The number of esters is 1. The van der Waals surface area contributed by atoms with Gasteiger partial charge in [0.25, 0.3) is 0 Å². The lowest BCUT2D eigenvalue weighted by Gasteiger charge is -2.21. The molecule has 0 N–H and O–H groups in total. The summed E-state index contributed by atoms with van der Waals surface area (Å²) < 4.78 is 40.8. The predicted molar refractivity (Wildman–Crippen MR) is 73.2 cm³/mol. The first-order chi connectivity index (χ1) is 9.84. The molecule has 0 fully saturated rings. The van der Waals surface area contributed by atoms with E-state index in [1.54, 1.807) is 6.92 Å². The molecule has 0 saturated carbocycles. The van der Waals surface area contributed by atoms with Crippen LogP contribution in [0.1, 0.15) is 17.9 Å². The van der Waals surface area contributed by atoms with Gasteiger partial charge in [-0.3, -0.25) is 4.79 Å². The number of hydrogen-bond acceptors (Lipinski definition) is 7. The fraction of sp³-hybridized carbons (Fsp3) is 0.667. The van der Waals surface area contributed by atoms with Crippen LogP contribution in [0.25, 0.3) is 0 Å². The van der Waals surface area contributed by atoms with Crippen molar-refractivity contribution in [2.24, 2.45) is 0 Å². The average molecular weight is 320 g/mol. The summed E-state index contributed by atoms with van der Waals surface area (Å²) in [6.45, 7) is 3.42. The Balaban J connectivity index is 3.03. The van der Waals surface area contributed by atoms with Gasteiger partial charge >= 0.3 is 5.97 Å². The minimum atomic E-state index is -3.81. The number of nitrogens with zero attached hydrogens (tertiary/aromatic N) is 2. The molecule has 1 aromatic heterocycles. The molecule has 120 valence electrons. The van der Waals surface area contributed by atoms with E-state index in [0.717, 1.165) is 0 Å². The van der Waals surface area contributed by atoms with Crippen LogP contribution in [0.4, 0.5) is 0 Å². The van der Waals surface area contributed by atoms with E-state index >= 15 is 0 Å². The fourth-order valence-corrected chi connectivity index (χ4v) is 3.55. The molecule has 0 aliphatic heterocycles. The van der Waals surface area contributed by atoms with Crippen LogP contribution in [0.5, 0.6) is 0 Å². The Morgan fingerprint density at radius 3 is 2.43 bits per heavy atom. The van der Waals surface area contributed by atoms with Crippen molar-refractivity contribution in [3.63, 3.8) is 0 Å². The normalized spacial score (nSPS) is 11.9. The maximum absolute atomic E-state index is 12.7. The Hall–Kier alpha value is -1.45. The topological polar surface area (TPSA) is 98.9 Å². The standard InChI is InChI=1S/C12H20N2O6S/c1-9-12(10(2)20-13-9)21(16,17)14(7-8-18-3)6-5-11(15)19-4/h5-8H2,1-4H3. The lowest BCUT2D eigenvalue weighted by atomic mass is 10.4. The third-order valence-corrected chi connectivity index (χ3v) is 5.05. The molecule has 0 aromatic carbocycles. The number of methoxy groups -OCH3 is 2. The molecule has 0 atom stereocenters. The second-order valence-corrected chi connectivity index (χ2v) is 6.25. The number of aromatic nitrogens is 1. The Kier molecular flexibility index (Phi) is 6.31. The molecule has 8 nitrogen and oxygen atoms in total. The quantitative estimate of drug-likeness (QED) is 0.643. The summed E-state index contributed by atoms with van der Waals surface area (Å²) in [6.07, 6.45) is -0.0389. The monoisotopic (exact) mass is 320 g/mol. The van der Waals surface area contributed by atoms with Crippen LogP contribution >= 0.6 is 0 Å². The van der Waals surface area contributed by atoms with Crippen LogP contribution in [0.3, 0.4) is 0 Å². The highest BCUT2D eigenvalue weighted by atomic mass is 32.2. The maximum Gasteiger partial charge on any atom is 0.306 e. The summed E-state index contributed by atoms with van der Waals surface area (Å²) in [6, 6.07) is 0. The summed E-state index contributed by atoms with van der Waals surface area (Å²) in [5.41, 5.74) is 0.285. The molecule has 0 radical (unpaired) electrons. The van der Waals surface area contributed by atoms with Crippen molar-refractivity contribution in [2.75, 3.05) is 33.9 Å². The molecule has 1 aromatic rings. The van der Waals surface area contributed by atoms with E-state index in [1.807, 2.05) is 0 Å². The van der Waals surface area contributed by atoms with Crippen molar-refractivity contribution >= 4 is 16.0 Å². The molecular weight excluding hydrogens is 300 g/mol. The zero-order valence-corrected chi connectivity index (χ0v) is 13.4. The van der Waals surface area contributed by atoms with Gasteiger partial charge in [0.15, 0.2) is 5.76 Å². The highest BCUT2D eigenvalue weighted by Gasteiger charge is 2.31. The first-order valence-electron chi connectivity index (χ1n) is 6.33. The van der Waals surface area contributed by atoms with Gasteiger partial charge in [-0.25, -0.2) is 8.42 Å². The summed E-state index contributed by atoms with van der Waals surface area (Å²) in [5.74, 6) is -0.264. The molecule has 0 unspecified atom stereocenters. The zero-order valence-electron chi connectivity index (χ0n) is 12.6. The van der Waals surface area contributed by atoms with Crippen molar-refractivity contribution < 1.29 is 27.2 Å². The van der Waals surface area contributed by atoms with E-state index < -0.39 is 16.0 Å². The van der Waals surface area contributed by atoms with Gasteiger partial charge in [-0.05, 0) is 13.8 Å². The number of carbonyl (C=O) groups is 1. The van der Waals surface area contributed by atoms with Gasteiger partial charge < -0.3 is 14.0 Å². The second-order valence-electron chi connectivity index (χ2n) is 4.38.